The van der Waals surface area contributed by atoms with E-state index >= 15 is 0 Å². The topological polar surface area (TPSA) is 72.7 Å². The maximum Gasteiger partial charge on any atom is 0.230 e. The van der Waals surface area contributed by atoms with Crippen molar-refractivity contribution in [1.82, 2.24) is 25.5 Å². The third kappa shape index (κ3) is 6.12. The summed E-state index contributed by atoms with van der Waals surface area (Å²) in [4.78, 5) is 12.2. The minimum Gasteiger partial charge on any atom is -0.353 e. The predicted octanol–water partition coefficient (Wildman–Crippen LogP) is 3.70. The van der Waals surface area contributed by atoms with Gasteiger partial charge in [-0.2, -0.15) is 4.68 Å². The molecular formula is C19H29N5OS. The molecule has 7 heteroatoms. The van der Waals surface area contributed by atoms with E-state index in [1.807, 2.05) is 18.2 Å². The van der Waals surface area contributed by atoms with E-state index in [9.17, 15) is 4.79 Å². The lowest BCUT2D eigenvalue weighted by Crippen LogP contribution is -2.33. The molecule has 142 valence electrons. The molecule has 0 aliphatic rings. The average Bonchev–Trinajstić information content (AvgIpc) is 3.03. The molecule has 1 amide bonds. The molecule has 0 bridgehead atoms. The number of hydrogen-bond donors (Lipinski definition) is 1. The van der Waals surface area contributed by atoms with Gasteiger partial charge in [-0.25, -0.2) is 0 Å². The lowest BCUT2D eigenvalue weighted by molar-refractivity contribution is -0.119. The first-order valence-corrected chi connectivity index (χ1v) is 10.1. The smallest absolute Gasteiger partial charge is 0.230 e. The minimum absolute atomic E-state index is 0.0154. The number of tetrazole rings is 1. The van der Waals surface area contributed by atoms with Gasteiger partial charge in [0, 0.05) is 6.04 Å². The van der Waals surface area contributed by atoms with Crippen LogP contribution in [0.5, 0.6) is 0 Å². The summed E-state index contributed by atoms with van der Waals surface area (Å²) in [5.41, 5.74) is 3.31. The Bertz CT molecular complexity index is 728. The number of carbonyl (C=O) groups excluding carboxylic acids is 1. The van der Waals surface area contributed by atoms with Crippen LogP contribution in [0.4, 0.5) is 0 Å². The molecule has 0 fully saturated rings. The van der Waals surface area contributed by atoms with Crippen LogP contribution in [-0.2, 0) is 4.79 Å². The van der Waals surface area contributed by atoms with E-state index in [0.717, 1.165) is 18.5 Å². The van der Waals surface area contributed by atoms with Crippen LogP contribution in [0, 0.1) is 19.8 Å². The Kier molecular flexibility index (Phi) is 7.63. The number of nitrogens with zero attached hydrogens (tertiary/aromatic N) is 4. The van der Waals surface area contributed by atoms with Crippen LogP contribution in [0.25, 0.3) is 5.69 Å². The van der Waals surface area contributed by atoms with E-state index in [1.165, 1.54) is 29.3 Å². The van der Waals surface area contributed by atoms with E-state index in [-0.39, 0.29) is 11.9 Å². The molecule has 1 N–H and O–H groups in total. The summed E-state index contributed by atoms with van der Waals surface area (Å²) < 4.78 is 1.68. The van der Waals surface area contributed by atoms with Gasteiger partial charge in [-0.1, -0.05) is 44.5 Å². The van der Waals surface area contributed by atoms with E-state index in [1.54, 1.807) is 4.68 Å². The lowest BCUT2D eigenvalue weighted by atomic mass is 10.0. The van der Waals surface area contributed by atoms with E-state index < -0.39 is 0 Å². The molecule has 26 heavy (non-hydrogen) atoms. The minimum atomic E-state index is 0.0154. The first-order chi connectivity index (χ1) is 12.4. The molecule has 2 aromatic rings. The maximum atomic E-state index is 12.2. The Morgan fingerprint density at radius 1 is 1.19 bits per heavy atom. The van der Waals surface area contributed by atoms with Crippen LogP contribution >= 0.6 is 11.8 Å². The van der Waals surface area contributed by atoms with Crippen molar-refractivity contribution in [3.8, 4) is 5.69 Å². The summed E-state index contributed by atoms with van der Waals surface area (Å²) >= 11 is 1.35. The number of aryl methyl sites for hydroxylation is 2. The van der Waals surface area contributed by atoms with E-state index in [4.69, 9.17) is 0 Å². The zero-order valence-electron chi connectivity index (χ0n) is 16.3. The zero-order valence-corrected chi connectivity index (χ0v) is 17.1. The average molecular weight is 376 g/mol. The Labute approximate surface area is 160 Å². The van der Waals surface area contributed by atoms with Crippen LogP contribution in [0.3, 0.4) is 0 Å². The highest BCUT2D eigenvalue weighted by atomic mass is 32.2. The van der Waals surface area contributed by atoms with Crippen LogP contribution < -0.4 is 5.32 Å². The molecule has 0 aliphatic heterocycles. The van der Waals surface area contributed by atoms with Gasteiger partial charge in [0.1, 0.15) is 0 Å². The second-order valence-corrected chi connectivity index (χ2v) is 8.17. The molecule has 1 aromatic heterocycles. The van der Waals surface area contributed by atoms with E-state index in [0.29, 0.717) is 16.8 Å². The van der Waals surface area contributed by atoms with Crippen molar-refractivity contribution in [3.05, 3.63) is 29.3 Å². The van der Waals surface area contributed by atoms with Gasteiger partial charge in [-0.3, -0.25) is 4.79 Å². The number of aromatic nitrogens is 4. The van der Waals surface area contributed by atoms with Crippen LogP contribution in [-0.4, -0.2) is 37.9 Å². The van der Waals surface area contributed by atoms with Gasteiger partial charge in [0.2, 0.25) is 11.1 Å². The standard InChI is InChI=1S/C19H29N5OS/c1-13(2)7-6-8-16(5)20-18(25)12-26-19-21-22-23-24(19)17-10-9-14(3)15(4)11-17/h9-11,13,16H,6-8,12H2,1-5H3,(H,20,25)/t16-/m1/s1. The summed E-state index contributed by atoms with van der Waals surface area (Å²) in [5, 5.41) is 15.5. The van der Waals surface area contributed by atoms with Crippen molar-refractivity contribution in [2.24, 2.45) is 5.92 Å². The third-order valence-corrected chi connectivity index (χ3v) is 5.25. The molecule has 0 saturated carbocycles. The highest BCUT2D eigenvalue weighted by molar-refractivity contribution is 7.99. The molecule has 0 spiro atoms. The van der Waals surface area contributed by atoms with Crippen LogP contribution in [0.2, 0.25) is 0 Å². The highest BCUT2D eigenvalue weighted by Gasteiger charge is 2.13. The summed E-state index contributed by atoms with van der Waals surface area (Å²) in [7, 11) is 0. The van der Waals surface area contributed by atoms with Gasteiger partial charge in [0.25, 0.3) is 0 Å². The number of benzene rings is 1. The molecule has 1 heterocycles. The molecule has 1 aromatic carbocycles. The Morgan fingerprint density at radius 3 is 2.65 bits per heavy atom. The fraction of sp³-hybridized carbons (Fsp3) is 0.579. The van der Waals surface area contributed by atoms with Gasteiger partial charge < -0.3 is 5.32 Å². The van der Waals surface area contributed by atoms with Crippen LogP contribution in [0.15, 0.2) is 23.4 Å². The van der Waals surface area contributed by atoms with Crippen molar-refractivity contribution in [2.75, 3.05) is 5.75 Å². The van der Waals surface area contributed by atoms with Gasteiger partial charge in [0.15, 0.2) is 0 Å². The number of rotatable bonds is 9. The Hall–Kier alpha value is -1.89. The lowest BCUT2D eigenvalue weighted by Gasteiger charge is -2.14. The molecule has 2 rings (SSSR count). The fourth-order valence-corrected chi connectivity index (χ4v) is 3.34. The van der Waals surface area contributed by atoms with Gasteiger partial charge in [-0.15, -0.1) is 5.10 Å². The Morgan fingerprint density at radius 2 is 1.96 bits per heavy atom. The van der Waals surface area contributed by atoms with Crippen molar-refractivity contribution in [2.45, 2.75) is 65.1 Å². The number of hydrogen-bond acceptors (Lipinski definition) is 5. The van der Waals surface area contributed by atoms with Crippen molar-refractivity contribution in [1.29, 1.82) is 0 Å². The molecule has 0 saturated heterocycles. The zero-order chi connectivity index (χ0) is 19.1. The SMILES string of the molecule is Cc1ccc(-n2nnnc2SCC(=O)N[C@H](C)CCCC(C)C)cc1C. The largest absolute Gasteiger partial charge is 0.353 e. The summed E-state index contributed by atoms with van der Waals surface area (Å²) in [6, 6.07) is 6.27. The number of nitrogens with one attached hydrogen (secondary N) is 1. The number of amides is 1. The maximum absolute atomic E-state index is 12.2. The van der Waals surface area contributed by atoms with Crippen molar-refractivity contribution >= 4 is 17.7 Å². The summed E-state index contributed by atoms with van der Waals surface area (Å²) in [6.07, 6.45) is 3.34. The monoisotopic (exact) mass is 375 g/mol. The molecule has 6 nitrogen and oxygen atoms in total. The molecule has 1 atom stereocenters. The fourth-order valence-electron chi connectivity index (χ4n) is 2.64. The quantitative estimate of drug-likeness (QED) is 0.677. The molecule has 0 unspecified atom stereocenters. The van der Waals surface area contributed by atoms with Crippen LogP contribution in [0.1, 0.15) is 51.2 Å². The van der Waals surface area contributed by atoms with Gasteiger partial charge in [-0.05, 0) is 66.8 Å². The first kappa shape index (κ1) is 20.4. The van der Waals surface area contributed by atoms with Gasteiger partial charge >= 0.3 is 0 Å². The highest BCUT2D eigenvalue weighted by Crippen LogP contribution is 2.20. The first-order valence-electron chi connectivity index (χ1n) is 9.15. The third-order valence-electron chi connectivity index (χ3n) is 4.33. The summed E-state index contributed by atoms with van der Waals surface area (Å²) in [6.45, 7) is 10.6. The second-order valence-electron chi connectivity index (χ2n) is 7.22. The molecule has 0 radical (unpaired) electrons. The molecule has 0 aliphatic carbocycles. The van der Waals surface area contributed by atoms with Crippen molar-refractivity contribution < 1.29 is 4.79 Å². The Balaban J connectivity index is 1.87. The van der Waals surface area contributed by atoms with Gasteiger partial charge in [0.05, 0.1) is 11.4 Å². The number of thioether (sulfide) groups is 1. The normalized spacial score (nSPS) is 12.4. The van der Waals surface area contributed by atoms with Crippen molar-refractivity contribution in [3.63, 3.8) is 0 Å². The number of carbonyl (C=O) groups is 1. The predicted molar refractivity (Wildman–Crippen MR) is 106 cm³/mol. The second kappa shape index (κ2) is 9.71. The summed E-state index contributed by atoms with van der Waals surface area (Å²) in [5.74, 6) is 1.03. The van der Waals surface area contributed by atoms with E-state index in [2.05, 4.69) is 55.5 Å². The molecular weight excluding hydrogens is 346 g/mol.